The van der Waals surface area contributed by atoms with Crippen molar-refractivity contribution in [1.82, 2.24) is 4.57 Å². The fraction of sp³-hybridized carbons (Fsp3) is 0.344. The zero-order valence-electron chi connectivity index (χ0n) is 26.5. The molecule has 1 aliphatic heterocycles. The summed E-state index contributed by atoms with van der Waals surface area (Å²) in [4.78, 5) is 47.9. The lowest BCUT2D eigenvalue weighted by Crippen LogP contribution is -2.56. The number of urea groups is 1. The molecule has 1 fully saturated rings. The molecule has 16 heteroatoms. The second-order valence-corrected chi connectivity index (χ2v) is 11.6. The minimum atomic E-state index is -5.08. The van der Waals surface area contributed by atoms with Crippen LogP contribution in [0.25, 0.3) is 0 Å². The average molecular weight is 678 g/mol. The maximum Gasteiger partial charge on any atom is 0.497 e. The van der Waals surface area contributed by atoms with Crippen LogP contribution in [0.1, 0.15) is 34.5 Å². The largest absolute Gasteiger partial charge is 0.508 e. The molecule has 0 aliphatic carbocycles. The number of carbonyl (C=O) groups excluding carboxylic acids is 3. The summed E-state index contributed by atoms with van der Waals surface area (Å²) in [5.41, 5.74) is 8.98. The van der Waals surface area contributed by atoms with Gasteiger partial charge in [0, 0.05) is 37.9 Å². The van der Waals surface area contributed by atoms with Crippen molar-refractivity contribution in [2.75, 3.05) is 32.6 Å². The first-order chi connectivity index (χ1) is 22.4. The SMILES string of the molecule is COC(=O)c1cc(NC(=O)/[N+](=C2/CCC[N+](C)(Cc3cccc(O)c3)C2)[C@@H](Cc2ccc(O)cc2)C(N)=O)cn1C.O=C(O)C(F)(F)F. The van der Waals surface area contributed by atoms with Crippen LogP contribution in [0.3, 0.4) is 0 Å². The predicted molar refractivity (Wildman–Crippen MR) is 166 cm³/mol. The second-order valence-electron chi connectivity index (χ2n) is 11.6. The van der Waals surface area contributed by atoms with Gasteiger partial charge in [-0.15, -0.1) is 0 Å². The van der Waals surface area contributed by atoms with Crippen LogP contribution in [0, 0.1) is 0 Å². The Bertz CT molecular complexity index is 1690. The minimum absolute atomic E-state index is 0.0890. The van der Waals surface area contributed by atoms with E-state index in [4.69, 9.17) is 20.4 Å². The summed E-state index contributed by atoms with van der Waals surface area (Å²) in [6.07, 6.45) is -1.99. The lowest BCUT2D eigenvalue weighted by molar-refractivity contribution is -0.918. The summed E-state index contributed by atoms with van der Waals surface area (Å²) < 4.78 is 40.1. The molecule has 6 N–H and O–H groups in total. The molecule has 1 saturated heterocycles. The topological polar surface area (TPSA) is 184 Å². The standard InChI is InChI=1S/C30H35N5O6.C2HF3O2/c1-33-17-22(16-27(33)29(39)41-3)32-30(40)34(26(28(31)38)15-20-9-11-24(36)12-10-20)23-7-5-13-35(2,19-23)18-21-6-4-8-25(37)14-21;3-2(4,5)1(6)7/h4,6,8-12,14,16-17,26H,5,7,13,15,18-19H2,1-3H3,(H3-2,31,32,36,37,38,40);(H,6,7)/p+2/b34-23-;/t26-,35?;/m0./s1. The number of esters is 1. The van der Waals surface area contributed by atoms with E-state index in [9.17, 15) is 37.8 Å². The van der Waals surface area contributed by atoms with Crippen LogP contribution in [0.5, 0.6) is 11.5 Å². The molecular weight excluding hydrogens is 639 g/mol. The van der Waals surface area contributed by atoms with Gasteiger partial charge in [0.25, 0.3) is 5.91 Å². The number of aromatic hydroxyl groups is 2. The van der Waals surface area contributed by atoms with Crippen LogP contribution in [-0.4, -0.2) is 98.0 Å². The van der Waals surface area contributed by atoms with Crippen LogP contribution in [0.4, 0.5) is 23.7 Å². The number of aliphatic carboxylic acids is 1. The molecule has 4 rings (SSSR count). The number of amides is 3. The molecule has 0 bridgehead atoms. The molecule has 1 aliphatic rings. The highest BCUT2D eigenvalue weighted by atomic mass is 19.4. The Kier molecular flexibility index (Phi) is 12.0. The minimum Gasteiger partial charge on any atom is -0.508 e. The molecule has 0 saturated carbocycles. The summed E-state index contributed by atoms with van der Waals surface area (Å²) in [5.74, 6) is -3.70. The Labute approximate surface area is 273 Å². The Hall–Kier alpha value is -5.38. The summed E-state index contributed by atoms with van der Waals surface area (Å²) in [6, 6.07) is 13.5. The maximum absolute atomic E-state index is 14.0. The van der Waals surface area contributed by atoms with Gasteiger partial charge < -0.3 is 34.8 Å². The number of anilines is 1. The van der Waals surface area contributed by atoms with E-state index in [1.807, 2.05) is 6.07 Å². The van der Waals surface area contributed by atoms with E-state index in [1.165, 1.54) is 29.9 Å². The number of aromatic nitrogens is 1. The van der Waals surface area contributed by atoms with E-state index in [-0.39, 0.29) is 23.6 Å². The molecule has 0 spiro atoms. The number of benzene rings is 2. The van der Waals surface area contributed by atoms with Crippen molar-refractivity contribution in [1.29, 1.82) is 0 Å². The molecule has 0 radical (unpaired) electrons. The highest BCUT2D eigenvalue weighted by Crippen LogP contribution is 2.23. The lowest BCUT2D eigenvalue weighted by atomic mass is 10.0. The number of alkyl halides is 3. The number of rotatable bonds is 8. The third-order valence-electron chi connectivity index (χ3n) is 7.66. The van der Waals surface area contributed by atoms with Crippen molar-refractivity contribution in [3.8, 4) is 11.5 Å². The molecule has 1 unspecified atom stereocenters. The molecule has 13 nitrogen and oxygen atoms in total. The molecule has 48 heavy (non-hydrogen) atoms. The highest BCUT2D eigenvalue weighted by Gasteiger charge is 2.40. The van der Waals surface area contributed by atoms with Gasteiger partial charge in [0.15, 0.2) is 6.04 Å². The van der Waals surface area contributed by atoms with E-state index in [2.05, 4.69) is 12.4 Å². The van der Waals surface area contributed by atoms with Crippen molar-refractivity contribution < 1.29 is 61.5 Å². The van der Waals surface area contributed by atoms with Crippen LogP contribution in [0.15, 0.2) is 60.8 Å². The number of quaternary nitrogens is 1. The molecule has 2 heterocycles. The molecule has 2 aromatic carbocycles. The molecule has 3 aromatic rings. The van der Waals surface area contributed by atoms with E-state index < -0.39 is 36.1 Å². The van der Waals surface area contributed by atoms with Crippen molar-refractivity contribution >= 4 is 35.3 Å². The highest BCUT2D eigenvalue weighted by molar-refractivity contribution is 5.95. The monoisotopic (exact) mass is 677 g/mol. The van der Waals surface area contributed by atoms with Gasteiger partial charge in [-0.05, 0) is 29.8 Å². The Morgan fingerprint density at radius 3 is 2.27 bits per heavy atom. The van der Waals surface area contributed by atoms with Crippen molar-refractivity contribution in [2.45, 2.75) is 38.0 Å². The van der Waals surface area contributed by atoms with Gasteiger partial charge in [0.05, 0.1) is 26.9 Å². The third-order valence-corrected chi connectivity index (χ3v) is 7.66. The van der Waals surface area contributed by atoms with E-state index >= 15 is 0 Å². The van der Waals surface area contributed by atoms with Crippen LogP contribution in [0.2, 0.25) is 0 Å². The summed E-state index contributed by atoms with van der Waals surface area (Å²) in [6.45, 7) is 1.94. The van der Waals surface area contributed by atoms with Gasteiger partial charge in [0.2, 0.25) is 0 Å². The molecular formula is C32H38F3N5O8+2. The maximum atomic E-state index is 14.0. The molecule has 2 atom stereocenters. The second kappa shape index (κ2) is 15.5. The number of nitrogens with zero attached hydrogens (tertiary/aromatic N) is 3. The first kappa shape index (κ1) is 37.1. The number of primary amides is 1. The average Bonchev–Trinajstić information content (AvgIpc) is 3.36. The van der Waals surface area contributed by atoms with Gasteiger partial charge in [0.1, 0.15) is 41.7 Å². The van der Waals surface area contributed by atoms with Crippen LogP contribution in [-0.2, 0) is 34.3 Å². The third kappa shape index (κ3) is 10.1. The van der Waals surface area contributed by atoms with Crippen LogP contribution < -0.4 is 11.1 Å². The van der Waals surface area contributed by atoms with E-state index in [0.717, 1.165) is 29.8 Å². The fourth-order valence-corrected chi connectivity index (χ4v) is 5.49. The van der Waals surface area contributed by atoms with E-state index in [0.29, 0.717) is 29.7 Å². The normalized spacial score (nSPS) is 17.7. The van der Waals surface area contributed by atoms with Crippen LogP contribution >= 0.6 is 0 Å². The Morgan fingerprint density at radius 2 is 1.71 bits per heavy atom. The number of methoxy groups -OCH3 is 1. The number of nitrogens with one attached hydrogen (secondary N) is 1. The quantitative estimate of drug-likeness (QED) is 0.137. The number of ether oxygens (including phenoxy) is 1. The van der Waals surface area contributed by atoms with Gasteiger partial charge in [-0.2, -0.15) is 22.5 Å². The van der Waals surface area contributed by atoms with Crippen molar-refractivity contribution in [3.05, 3.63) is 77.6 Å². The Morgan fingerprint density at radius 1 is 1.06 bits per heavy atom. The number of halogens is 3. The number of piperidine rings is 1. The first-order valence-electron chi connectivity index (χ1n) is 14.6. The number of carbonyl (C=O) groups is 4. The number of aryl methyl sites for hydroxylation is 1. The predicted octanol–water partition coefficient (Wildman–Crippen LogP) is 3.38. The van der Waals surface area contributed by atoms with Gasteiger partial charge in [-0.25, -0.2) is 14.9 Å². The number of phenolic OH excluding ortho intramolecular Hbond substituents is 2. The number of hydrogen-bond acceptors (Lipinski definition) is 7. The van der Waals surface area contributed by atoms with Crippen molar-refractivity contribution in [2.24, 2.45) is 12.8 Å². The van der Waals surface area contributed by atoms with E-state index in [1.54, 1.807) is 48.1 Å². The fourth-order valence-electron chi connectivity index (χ4n) is 5.49. The number of carboxylic acid groups (broad SMARTS) is 1. The molecule has 1 aromatic heterocycles. The molecule has 3 amide bonds. The van der Waals surface area contributed by atoms with Gasteiger partial charge >= 0.3 is 24.1 Å². The van der Waals surface area contributed by atoms with Gasteiger partial charge in [-0.3, -0.25) is 4.79 Å². The summed E-state index contributed by atoms with van der Waals surface area (Å²) in [7, 11) is 5.02. The number of hydrogen-bond donors (Lipinski definition) is 5. The first-order valence-corrected chi connectivity index (χ1v) is 14.6. The number of likely N-dealkylation sites (tertiary alicyclic amines) is 1. The smallest absolute Gasteiger partial charge is 0.497 e. The lowest BCUT2D eigenvalue weighted by Gasteiger charge is -2.38. The Balaban J connectivity index is 0.000000804. The zero-order chi connectivity index (χ0) is 35.8. The number of nitrogens with two attached hydrogens (primary N) is 1. The number of phenols is 2. The zero-order valence-corrected chi connectivity index (χ0v) is 26.5. The van der Waals surface area contributed by atoms with Gasteiger partial charge in [-0.1, -0.05) is 24.3 Å². The molecule has 258 valence electrons. The number of carboxylic acids is 1. The summed E-state index contributed by atoms with van der Waals surface area (Å²) in [5, 5.41) is 29.7. The summed E-state index contributed by atoms with van der Waals surface area (Å²) >= 11 is 0. The van der Waals surface area contributed by atoms with Crippen molar-refractivity contribution in [3.63, 3.8) is 0 Å².